The molecule has 1 aliphatic carbocycles. The molecule has 0 atom stereocenters. The van der Waals surface area contributed by atoms with Crippen LogP contribution in [0.15, 0.2) is 12.3 Å². The molecular formula is C12H15N3O. The predicted molar refractivity (Wildman–Crippen MR) is 62.2 cm³/mol. The van der Waals surface area contributed by atoms with Crippen LogP contribution >= 0.6 is 0 Å². The third-order valence-corrected chi connectivity index (χ3v) is 3.51. The number of carbonyl (C=O) groups is 1. The number of amides is 1. The van der Waals surface area contributed by atoms with Crippen LogP contribution in [0.4, 0.5) is 11.5 Å². The topological polar surface area (TPSA) is 59.2 Å². The maximum Gasteiger partial charge on any atom is 0.237 e. The molecule has 16 heavy (non-hydrogen) atoms. The van der Waals surface area contributed by atoms with Crippen LogP contribution in [-0.4, -0.2) is 16.9 Å². The number of pyridine rings is 1. The Morgan fingerprint density at radius 1 is 1.50 bits per heavy atom. The van der Waals surface area contributed by atoms with Gasteiger partial charge in [-0.15, -0.1) is 0 Å². The van der Waals surface area contributed by atoms with Crippen LogP contribution in [0.3, 0.4) is 0 Å². The summed E-state index contributed by atoms with van der Waals surface area (Å²) < 4.78 is 0. The van der Waals surface area contributed by atoms with Gasteiger partial charge < -0.3 is 10.6 Å². The maximum absolute atomic E-state index is 12.4. The number of aromatic nitrogens is 1. The second-order valence-electron chi connectivity index (χ2n) is 5.12. The second-order valence-corrected chi connectivity index (χ2v) is 5.12. The van der Waals surface area contributed by atoms with Crippen molar-refractivity contribution in [2.45, 2.75) is 38.1 Å². The highest BCUT2D eigenvalue weighted by Gasteiger charge is 2.50. The quantitative estimate of drug-likeness (QED) is 0.774. The summed E-state index contributed by atoms with van der Waals surface area (Å²) in [5, 5.41) is 0. The first-order valence-electron chi connectivity index (χ1n) is 5.62. The molecule has 1 aromatic heterocycles. The molecule has 1 fully saturated rings. The fraction of sp³-hybridized carbons (Fsp3) is 0.500. The lowest BCUT2D eigenvalue weighted by Gasteiger charge is -2.19. The number of hydrogen-bond acceptors (Lipinski definition) is 3. The lowest BCUT2D eigenvalue weighted by Crippen LogP contribution is -2.37. The van der Waals surface area contributed by atoms with Crippen molar-refractivity contribution in [3.8, 4) is 0 Å². The smallest absolute Gasteiger partial charge is 0.237 e. The fourth-order valence-electron chi connectivity index (χ4n) is 2.52. The molecule has 1 saturated carbocycles. The summed E-state index contributed by atoms with van der Waals surface area (Å²) in [5.41, 5.74) is 7.23. The van der Waals surface area contributed by atoms with Gasteiger partial charge >= 0.3 is 0 Å². The molecule has 2 aliphatic rings. The molecule has 2 heterocycles. The van der Waals surface area contributed by atoms with Crippen LogP contribution in [0.25, 0.3) is 0 Å². The Morgan fingerprint density at radius 3 is 2.81 bits per heavy atom. The molecule has 1 aliphatic heterocycles. The van der Waals surface area contributed by atoms with Gasteiger partial charge in [-0.3, -0.25) is 4.79 Å². The van der Waals surface area contributed by atoms with Crippen molar-refractivity contribution in [3.05, 3.63) is 17.8 Å². The molecular weight excluding hydrogens is 202 g/mol. The molecule has 0 aromatic carbocycles. The van der Waals surface area contributed by atoms with Gasteiger partial charge in [0.1, 0.15) is 5.82 Å². The third kappa shape index (κ3) is 1.04. The highest BCUT2D eigenvalue weighted by atomic mass is 16.2. The van der Waals surface area contributed by atoms with Crippen molar-refractivity contribution in [2.24, 2.45) is 0 Å². The van der Waals surface area contributed by atoms with Crippen molar-refractivity contribution in [3.63, 3.8) is 0 Å². The van der Waals surface area contributed by atoms with Gasteiger partial charge in [0, 0.05) is 17.8 Å². The Kier molecular flexibility index (Phi) is 1.66. The summed E-state index contributed by atoms with van der Waals surface area (Å²) in [6, 6.07) is 2.28. The summed E-state index contributed by atoms with van der Waals surface area (Å²) in [4.78, 5) is 18.4. The van der Waals surface area contributed by atoms with E-state index in [1.165, 1.54) is 0 Å². The number of nitrogens with zero attached hydrogens (tertiary/aromatic N) is 2. The van der Waals surface area contributed by atoms with E-state index in [0.29, 0.717) is 11.9 Å². The number of carbonyl (C=O) groups excluding carboxylic acids is 1. The Morgan fingerprint density at radius 2 is 2.19 bits per heavy atom. The van der Waals surface area contributed by atoms with E-state index in [0.717, 1.165) is 24.1 Å². The maximum atomic E-state index is 12.4. The van der Waals surface area contributed by atoms with E-state index in [1.807, 2.05) is 24.8 Å². The van der Waals surface area contributed by atoms with E-state index in [1.54, 1.807) is 6.20 Å². The summed E-state index contributed by atoms with van der Waals surface area (Å²) in [7, 11) is 0. The first kappa shape index (κ1) is 9.63. The number of anilines is 2. The average Bonchev–Trinajstić information content (AvgIpc) is 2.98. The summed E-state index contributed by atoms with van der Waals surface area (Å²) in [5.74, 6) is 0.642. The molecule has 0 saturated heterocycles. The lowest BCUT2D eigenvalue weighted by molar-refractivity contribution is -0.122. The monoisotopic (exact) mass is 217 g/mol. The fourth-order valence-corrected chi connectivity index (χ4v) is 2.52. The Hall–Kier alpha value is -1.58. The minimum Gasteiger partial charge on any atom is -0.383 e. The molecule has 2 N–H and O–H groups in total. The van der Waals surface area contributed by atoms with E-state index in [9.17, 15) is 4.79 Å². The third-order valence-electron chi connectivity index (χ3n) is 3.51. The van der Waals surface area contributed by atoms with Gasteiger partial charge in [-0.25, -0.2) is 4.98 Å². The zero-order valence-corrected chi connectivity index (χ0v) is 9.53. The van der Waals surface area contributed by atoms with Gasteiger partial charge in [-0.05, 0) is 32.8 Å². The zero-order chi connectivity index (χ0) is 11.5. The van der Waals surface area contributed by atoms with Crippen LogP contribution in [0, 0.1) is 0 Å². The van der Waals surface area contributed by atoms with Crippen LogP contribution in [-0.2, 0) is 10.2 Å². The van der Waals surface area contributed by atoms with Crippen molar-refractivity contribution in [1.29, 1.82) is 0 Å². The van der Waals surface area contributed by atoms with Gasteiger partial charge in [-0.2, -0.15) is 0 Å². The van der Waals surface area contributed by atoms with E-state index in [4.69, 9.17) is 5.73 Å². The molecule has 1 amide bonds. The van der Waals surface area contributed by atoms with E-state index < -0.39 is 5.41 Å². The van der Waals surface area contributed by atoms with Gasteiger partial charge in [0.15, 0.2) is 0 Å². The number of rotatable bonds is 1. The highest BCUT2D eigenvalue weighted by molar-refractivity contribution is 6.09. The first-order valence-corrected chi connectivity index (χ1v) is 5.62. The molecule has 0 bridgehead atoms. The van der Waals surface area contributed by atoms with Crippen molar-refractivity contribution in [1.82, 2.24) is 4.98 Å². The number of nitrogen functional groups attached to an aromatic ring is 1. The standard InChI is InChI=1S/C12H15N3O/c1-12(2)9-8(5-6-14-10(9)13)15(11(12)16)7-3-4-7/h5-7H,3-4H2,1-2H3,(H2,13,14). The van der Waals surface area contributed by atoms with E-state index in [-0.39, 0.29) is 5.91 Å². The van der Waals surface area contributed by atoms with E-state index in [2.05, 4.69) is 4.98 Å². The molecule has 0 radical (unpaired) electrons. The summed E-state index contributed by atoms with van der Waals surface area (Å²) >= 11 is 0. The number of fused-ring (bicyclic) bond motifs is 1. The molecule has 0 spiro atoms. The molecule has 4 nitrogen and oxygen atoms in total. The van der Waals surface area contributed by atoms with Crippen molar-refractivity contribution in [2.75, 3.05) is 10.6 Å². The first-order chi connectivity index (χ1) is 7.53. The SMILES string of the molecule is CC1(C)C(=O)N(C2CC2)c2ccnc(N)c21. The second kappa shape index (κ2) is 2.75. The predicted octanol–water partition coefficient (Wildman–Crippen LogP) is 1.45. The Bertz CT molecular complexity index is 477. The normalized spacial score (nSPS) is 22.4. The van der Waals surface area contributed by atoms with Crippen LogP contribution in [0.5, 0.6) is 0 Å². The average molecular weight is 217 g/mol. The van der Waals surface area contributed by atoms with Crippen LogP contribution < -0.4 is 10.6 Å². The van der Waals surface area contributed by atoms with Gasteiger partial charge in [0.25, 0.3) is 0 Å². The highest BCUT2D eigenvalue weighted by Crippen LogP contribution is 2.48. The number of hydrogen-bond donors (Lipinski definition) is 1. The van der Waals surface area contributed by atoms with Crippen molar-refractivity contribution < 1.29 is 4.79 Å². The lowest BCUT2D eigenvalue weighted by atomic mass is 9.86. The van der Waals surface area contributed by atoms with Gasteiger partial charge in [-0.1, -0.05) is 0 Å². The van der Waals surface area contributed by atoms with E-state index >= 15 is 0 Å². The summed E-state index contributed by atoms with van der Waals surface area (Å²) in [6.07, 6.45) is 3.88. The van der Waals surface area contributed by atoms with Crippen LogP contribution in [0.2, 0.25) is 0 Å². The van der Waals surface area contributed by atoms with Gasteiger partial charge in [0.05, 0.1) is 11.1 Å². The minimum atomic E-state index is -0.531. The number of nitrogens with two attached hydrogens (primary N) is 1. The minimum absolute atomic E-state index is 0.157. The molecule has 1 aromatic rings. The Balaban J connectivity index is 2.23. The molecule has 84 valence electrons. The molecule has 3 rings (SSSR count). The van der Waals surface area contributed by atoms with Crippen LogP contribution in [0.1, 0.15) is 32.3 Å². The molecule has 0 unspecified atom stereocenters. The van der Waals surface area contributed by atoms with Crippen molar-refractivity contribution >= 4 is 17.4 Å². The van der Waals surface area contributed by atoms with Gasteiger partial charge in [0.2, 0.25) is 5.91 Å². The zero-order valence-electron chi connectivity index (χ0n) is 9.53. The Labute approximate surface area is 94.5 Å². The summed E-state index contributed by atoms with van der Waals surface area (Å²) in [6.45, 7) is 3.85. The largest absolute Gasteiger partial charge is 0.383 e. The molecule has 4 heteroatoms.